The first-order chi connectivity index (χ1) is 9.41. The molecule has 0 bridgehead atoms. The number of nitrogens with zero attached hydrogens (tertiary/aromatic N) is 1. The minimum Gasteiger partial charge on any atom is -0.318 e. The van der Waals surface area contributed by atoms with Crippen LogP contribution in [0.15, 0.2) is 12.1 Å². The average molecular weight is 285 g/mol. The van der Waals surface area contributed by atoms with Crippen LogP contribution in [0.1, 0.15) is 13.3 Å². The molecule has 0 saturated carbocycles. The van der Waals surface area contributed by atoms with Crippen LogP contribution in [-0.2, 0) is 4.79 Å². The Labute approximate surface area is 113 Å². The Morgan fingerprint density at radius 1 is 1.50 bits per heavy atom. The van der Waals surface area contributed by atoms with E-state index in [4.69, 9.17) is 0 Å². The van der Waals surface area contributed by atoms with Crippen molar-refractivity contribution in [2.45, 2.75) is 19.4 Å². The van der Waals surface area contributed by atoms with Gasteiger partial charge in [0.1, 0.15) is 0 Å². The van der Waals surface area contributed by atoms with Crippen molar-refractivity contribution >= 4 is 17.3 Å². The van der Waals surface area contributed by atoms with Crippen molar-refractivity contribution < 1.29 is 18.5 Å². The van der Waals surface area contributed by atoms with Gasteiger partial charge < -0.3 is 10.6 Å². The lowest BCUT2D eigenvalue weighted by molar-refractivity contribution is -0.384. The average Bonchev–Trinajstić information content (AvgIpc) is 2.81. The minimum absolute atomic E-state index is 0.120. The van der Waals surface area contributed by atoms with E-state index in [0.29, 0.717) is 19.0 Å². The first kappa shape index (κ1) is 14.3. The summed E-state index contributed by atoms with van der Waals surface area (Å²) in [4.78, 5) is 21.9. The highest BCUT2D eigenvalue weighted by atomic mass is 19.2. The van der Waals surface area contributed by atoms with Crippen LogP contribution in [-0.4, -0.2) is 23.4 Å². The maximum Gasteiger partial charge on any atom is 0.296 e. The summed E-state index contributed by atoms with van der Waals surface area (Å²) in [5, 5.41) is 16.0. The number of benzene rings is 1. The molecule has 20 heavy (non-hydrogen) atoms. The standard InChI is InChI=1S/C12H13F2N3O3/c1-6-7(4-5-15-6)12(18)16-11-9(17(19)20)3-2-8(13)10(11)14/h2-3,6-7,15H,4-5H2,1H3,(H,16,18). The normalized spacial score (nSPS) is 21.8. The maximum atomic E-state index is 13.7. The summed E-state index contributed by atoms with van der Waals surface area (Å²) in [6, 6.07) is 1.36. The second-order valence-corrected chi connectivity index (χ2v) is 4.64. The van der Waals surface area contributed by atoms with Gasteiger partial charge >= 0.3 is 0 Å². The third-order valence-corrected chi connectivity index (χ3v) is 3.38. The highest BCUT2D eigenvalue weighted by Crippen LogP contribution is 2.30. The van der Waals surface area contributed by atoms with Gasteiger partial charge in [-0.1, -0.05) is 0 Å². The SMILES string of the molecule is CC1NCCC1C(=O)Nc1c([N+](=O)[O-])ccc(F)c1F. The number of nitro groups is 1. The molecule has 1 amide bonds. The molecule has 2 unspecified atom stereocenters. The number of carbonyl (C=O) groups excluding carboxylic acids is 1. The zero-order chi connectivity index (χ0) is 14.9. The van der Waals surface area contributed by atoms with E-state index in [1.165, 1.54) is 0 Å². The van der Waals surface area contributed by atoms with E-state index in [2.05, 4.69) is 10.6 Å². The van der Waals surface area contributed by atoms with Crippen LogP contribution in [0, 0.1) is 27.7 Å². The molecule has 1 aromatic carbocycles. The number of hydrogen-bond acceptors (Lipinski definition) is 4. The Bertz CT molecular complexity index is 565. The fourth-order valence-corrected chi connectivity index (χ4v) is 2.24. The molecule has 1 fully saturated rings. The zero-order valence-corrected chi connectivity index (χ0v) is 10.7. The lowest BCUT2D eigenvalue weighted by atomic mass is 10.0. The molecule has 0 aromatic heterocycles. The Kier molecular flexibility index (Phi) is 3.93. The van der Waals surface area contributed by atoms with E-state index in [-0.39, 0.29) is 6.04 Å². The van der Waals surface area contributed by atoms with Crippen molar-refractivity contribution in [1.82, 2.24) is 5.32 Å². The third kappa shape index (κ3) is 2.60. The number of nitrogens with one attached hydrogen (secondary N) is 2. The lowest BCUT2D eigenvalue weighted by Crippen LogP contribution is -2.32. The fraction of sp³-hybridized carbons (Fsp3) is 0.417. The van der Waals surface area contributed by atoms with Gasteiger partial charge in [-0.25, -0.2) is 8.78 Å². The lowest BCUT2D eigenvalue weighted by Gasteiger charge is -2.15. The summed E-state index contributed by atoms with van der Waals surface area (Å²) >= 11 is 0. The first-order valence-electron chi connectivity index (χ1n) is 6.08. The number of carbonyl (C=O) groups is 1. The Hall–Kier alpha value is -2.09. The summed E-state index contributed by atoms with van der Waals surface area (Å²) in [7, 11) is 0. The molecule has 6 nitrogen and oxygen atoms in total. The van der Waals surface area contributed by atoms with Crippen LogP contribution in [0.3, 0.4) is 0 Å². The van der Waals surface area contributed by atoms with Gasteiger partial charge in [0.15, 0.2) is 17.3 Å². The molecule has 108 valence electrons. The van der Waals surface area contributed by atoms with Crippen LogP contribution in [0.25, 0.3) is 0 Å². The van der Waals surface area contributed by atoms with Crippen LogP contribution in [0.4, 0.5) is 20.2 Å². The van der Waals surface area contributed by atoms with Gasteiger partial charge in [0.05, 0.1) is 10.8 Å². The fourth-order valence-electron chi connectivity index (χ4n) is 2.24. The Morgan fingerprint density at radius 3 is 2.75 bits per heavy atom. The molecule has 1 aromatic rings. The maximum absolute atomic E-state index is 13.7. The van der Waals surface area contributed by atoms with Crippen molar-refractivity contribution in [2.24, 2.45) is 5.92 Å². The summed E-state index contributed by atoms with van der Waals surface area (Å²) in [6.45, 7) is 2.42. The Balaban J connectivity index is 2.30. The van der Waals surface area contributed by atoms with E-state index in [0.717, 1.165) is 6.07 Å². The molecule has 1 aliphatic heterocycles. The molecule has 2 rings (SSSR count). The number of amides is 1. The first-order valence-corrected chi connectivity index (χ1v) is 6.08. The largest absolute Gasteiger partial charge is 0.318 e. The Morgan fingerprint density at radius 2 is 2.20 bits per heavy atom. The van der Waals surface area contributed by atoms with Gasteiger partial charge in [-0.05, 0) is 26.0 Å². The second-order valence-electron chi connectivity index (χ2n) is 4.64. The quantitative estimate of drug-likeness (QED) is 0.655. The van der Waals surface area contributed by atoms with Gasteiger partial charge in [0, 0.05) is 12.1 Å². The zero-order valence-electron chi connectivity index (χ0n) is 10.7. The van der Waals surface area contributed by atoms with E-state index in [9.17, 15) is 23.7 Å². The molecule has 2 atom stereocenters. The number of hydrogen-bond donors (Lipinski definition) is 2. The molecule has 1 aliphatic rings. The smallest absolute Gasteiger partial charge is 0.296 e. The van der Waals surface area contributed by atoms with E-state index in [1.807, 2.05) is 0 Å². The predicted octanol–water partition coefficient (Wildman–Crippen LogP) is 1.81. The van der Waals surface area contributed by atoms with Crippen LogP contribution in [0.2, 0.25) is 0 Å². The number of nitro benzene ring substituents is 1. The van der Waals surface area contributed by atoms with Crippen molar-refractivity contribution in [3.8, 4) is 0 Å². The summed E-state index contributed by atoms with van der Waals surface area (Å²) in [5.41, 5.74) is -1.39. The van der Waals surface area contributed by atoms with Crippen molar-refractivity contribution in [3.05, 3.63) is 33.9 Å². The highest BCUT2D eigenvalue weighted by Gasteiger charge is 2.32. The van der Waals surface area contributed by atoms with Gasteiger partial charge in [0.25, 0.3) is 5.69 Å². The molecule has 8 heteroatoms. The summed E-state index contributed by atoms with van der Waals surface area (Å²) in [6.07, 6.45) is 0.539. The van der Waals surface area contributed by atoms with Crippen molar-refractivity contribution in [1.29, 1.82) is 0 Å². The number of halogens is 2. The number of anilines is 1. The van der Waals surface area contributed by atoms with Gasteiger partial charge in [-0.15, -0.1) is 0 Å². The van der Waals surface area contributed by atoms with Crippen LogP contribution in [0.5, 0.6) is 0 Å². The molecule has 0 radical (unpaired) electrons. The van der Waals surface area contributed by atoms with Crippen LogP contribution < -0.4 is 10.6 Å². The molecular weight excluding hydrogens is 272 g/mol. The van der Waals surface area contributed by atoms with E-state index >= 15 is 0 Å². The van der Waals surface area contributed by atoms with E-state index < -0.39 is 39.8 Å². The van der Waals surface area contributed by atoms with Gasteiger partial charge in [-0.2, -0.15) is 0 Å². The molecule has 1 heterocycles. The minimum atomic E-state index is -1.42. The molecule has 0 aliphatic carbocycles. The van der Waals surface area contributed by atoms with Gasteiger partial charge in [0.2, 0.25) is 5.91 Å². The molecular formula is C12H13F2N3O3. The van der Waals surface area contributed by atoms with Crippen molar-refractivity contribution in [2.75, 3.05) is 11.9 Å². The van der Waals surface area contributed by atoms with E-state index in [1.54, 1.807) is 6.92 Å². The summed E-state index contributed by atoms with van der Waals surface area (Å²) in [5.74, 6) is -3.66. The molecule has 2 N–H and O–H groups in total. The second kappa shape index (κ2) is 5.49. The predicted molar refractivity (Wildman–Crippen MR) is 67.2 cm³/mol. The molecule has 1 saturated heterocycles. The summed E-state index contributed by atoms with van der Waals surface area (Å²) < 4.78 is 26.8. The van der Waals surface area contributed by atoms with Gasteiger partial charge in [-0.3, -0.25) is 14.9 Å². The topological polar surface area (TPSA) is 84.3 Å². The number of rotatable bonds is 3. The van der Waals surface area contributed by atoms with Crippen LogP contribution >= 0.6 is 0 Å². The monoisotopic (exact) mass is 285 g/mol. The molecule has 0 spiro atoms. The third-order valence-electron chi connectivity index (χ3n) is 3.38. The van der Waals surface area contributed by atoms with Crippen molar-refractivity contribution in [3.63, 3.8) is 0 Å². The highest BCUT2D eigenvalue weighted by molar-refractivity contribution is 5.95.